The highest BCUT2D eigenvalue weighted by Crippen LogP contribution is 2.41. The van der Waals surface area contributed by atoms with Gasteiger partial charge in [-0.15, -0.1) is 0 Å². The minimum atomic E-state index is -0.742. The molecule has 4 aromatic rings. The number of carbonyl (C=O) groups excluding carboxylic acids is 1. The van der Waals surface area contributed by atoms with E-state index in [1.54, 1.807) is 6.07 Å². The first-order chi connectivity index (χ1) is 15.5. The predicted octanol–water partition coefficient (Wildman–Crippen LogP) is 5.73. The van der Waals surface area contributed by atoms with Crippen LogP contribution in [-0.4, -0.2) is 22.2 Å². The minimum absolute atomic E-state index is 0.0584. The molecule has 4 nitrogen and oxygen atoms in total. The van der Waals surface area contributed by atoms with Gasteiger partial charge in [-0.3, -0.25) is 0 Å². The summed E-state index contributed by atoms with van der Waals surface area (Å²) >= 11 is 0. The molecule has 0 saturated carbocycles. The van der Waals surface area contributed by atoms with Gasteiger partial charge in [0.1, 0.15) is 11.6 Å². The molecule has 0 radical (unpaired) electrons. The van der Waals surface area contributed by atoms with E-state index in [1.807, 2.05) is 67.6 Å². The van der Waals surface area contributed by atoms with Crippen molar-refractivity contribution >= 4 is 16.9 Å². The third-order valence-corrected chi connectivity index (χ3v) is 6.08. The van der Waals surface area contributed by atoms with Crippen LogP contribution in [0.5, 0.6) is 0 Å². The summed E-state index contributed by atoms with van der Waals surface area (Å²) in [7, 11) is 0. The molecule has 0 spiro atoms. The Morgan fingerprint density at radius 1 is 1.03 bits per heavy atom. The van der Waals surface area contributed by atoms with E-state index in [9.17, 15) is 14.3 Å². The van der Waals surface area contributed by atoms with Crippen molar-refractivity contribution < 1.29 is 19.0 Å². The Kier molecular flexibility index (Phi) is 5.02. The molecule has 1 aliphatic rings. The lowest BCUT2D eigenvalue weighted by Crippen LogP contribution is -2.15. The fourth-order valence-electron chi connectivity index (χ4n) is 4.49. The number of hydrogen-bond acceptors (Lipinski definition) is 3. The predicted molar refractivity (Wildman–Crippen MR) is 121 cm³/mol. The Labute approximate surface area is 185 Å². The molecule has 1 aliphatic heterocycles. The standard InChI is InChI=1S/C27H22FNO3/c1-16-20-15-19(28)12-13-21(20)29-25(16)23(18-10-6-3-7-11-18)24-26(30)22(32-27(24)31)14-17-8-4-2-5-9-17/h2-13,15,22-23,29-30H,14H2,1H3/t22-,23-/m1/s1. The number of esters is 1. The maximum Gasteiger partial charge on any atom is 0.339 e. The van der Waals surface area contributed by atoms with Crippen LogP contribution >= 0.6 is 0 Å². The molecule has 0 amide bonds. The van der Waals surface area contributed by atoms with Gasteiger partial charge in [-0.25, -0.2) is 9.18 Å². The Morgan fingerprint density at radius 3 is 2.44 bits per heavy atom. The van der Waals surface area contributed by atoms with Crippen molar-refractivity contribution in [3.05, 3.63) is 118 Å². The lowest BCUT2D eigenvalue weighted by atomic mass is 9.85. The summed E-state index contributed by atoms with van der Waals surface area (Å²) in [4.78, 5) is 16.4. The number of hydrogen-bond donors (Lipinski definition) is 2. The lowest BCUT2D eigenvalue weighted by molar-refractivity contribution is -0.140. The number of fused-ring (bicyclic) bond motifs is 1. The molecule has 0 saturated heterocycles. The summed E-state index contributed by atoms with van der Waals surface area (Å²) in [6.45, 7) is 1.89. The van der Waals surface area contributed by atoms with Crippen LogP contribution in [-0.2, 0) is 16.0 Å². The number of aliphatic hydroxyl groups excluding tert-OH is 1. The Morgan fingerprint density at radius 2 is 1.72 bits per heavy atom. The second-order valence-corrected chi connectivity index (χ2v) is 8.08. The zero-order valence-electron chi connectivity index (χ0n) is 17.5. The number of aryl methyl sites for hydroxylation is 1. The highest BCUT2D eigenvalue weighted by molar-refractivity contribution is 5.95. The molecule has 2 heterocycles. The van der Waals surface area contributed by atoms with Crippen molar-refractivity contribution in [3.63, 3.8) is 0 Å². The van der Waals surface area contributed by atoms with Crippen molar-refractivity contribution in [3.8, 4) is 0 Å². The third kappa shape index (κ3) is 3.46. The molecule has 0 fully saturated rings. The second kappa shape index (κ2) is 8.00. The number of halogens is 1. The molecule has 0 bridgehead atoms. The molecule has 5 heteroatoms. The zero-order chi connectivity index (χ0) is 22.2. The Hall–Kier alpha value is -3.86. The van der Waals surface area contributed by atoms with Gasteiger partial charge < -0.3 is 14.8 Å². The molecule has 5 rings (SSSR count). The summed E-state index contributed by atoms with van der Waals surface area (Å²) in [5.41, 5.74) is 4.34. The van der Waals surface area contributed by atoms with E-state index in [0.717, 1.165) is 33.3 Å². The monoisotopic (exact) mass is 427 g/mol. The number of aliphatic hydroxyl groups is 1. The maximum absolute atomic E-state index is 13.9. The van der Waals surface area contributed by atoms with Crippen molar-refractivity contribution in [1.29, 1.82) is 0 Å². The Bertz CT molecular complexity index is 1330. The molecule has 3 aromatic carbocycles. The molecular formula is C27H22FNO3. The summed E-state index contributed by atoms with van der Waals surface area (Å²) in [6, 6.07) is 23.7. The summed E-state index contributed by atoms with van der Waals surface area (Å²) < 4.78 is 19.5. The van der Waals surface area contributed by atoms with Crippen molar-refractivity contribution in [2.45, 2.75) is 25.4 Å². The van der Waals surface area contributed by atoms with Crippen molar-refractivity contribution in [2.24, 2.45) is 0 Å². The largest absolute Gasteiger partial charge is 0.508 e. The number of rotatable bonds is 5. The highest BCUT2D eigenvalue weighted by Gasteiger charge is 2.41. The fourth-order valence-corrected chi connectivity index (χ4v) is 4.49. The number of nitrogens with one attached hydrogen (secondary N) is 1. The molecule has 2 atom stereocenters. The van der Waals surface area contributed by atoms with E-state index in [-0.39, 0.29) is 17.1 Å². The lowest BCUT2D eigenvalue weighted by Gasteiger charge is -2.17. The molecule has 0 aliphatic carbocycles. The third-order valence-electron chi connectivity index (χ3n) is 6.08. The first kappa shape index (κ1) is 20.1. The zero-order valence-corrected chi connectivity index (χ0v) is 17.5. The highest BCUT2D eigenvalue weighted by atomic mass is 19.1. The van der Waals surface area contributed by atoms with Crippen LogP contribution in [0, 0.1) is 12.7 Å². The van der Waals surface area contributed by atoms with Gasteiger partial charge in [-0.2, -0.15) is 0 Å². The van der Waals surface area contributed by atoms with E-state index in [1.165, 1.54) is 12.1 Å². The van der Waals surface area contributed by atoms with Gasteiger partial charge >= 0.3 is 5.97 Å². The smallest absolute Gasteiger partial charge is 0.339 e. The normalized spacial score (nSPS) is 17.1. The van der Waals surface area contributed by atoms with E-state index in [2.05, 4.69) is 4.98 Å². The molecular weight excluding hydrogens is 405 g/mol. The van der Waals surface area contributed by atoms with Gasteiger partial charge in [0, 0.05) is 23.0 Å². The van der Waals surface area contributed by atoms with Crippen LogP contribution in [0.2, 0.25) is 0 Å². The minimum Gasteiger partial charge on any atom is -0.508 e. The number of H-pyrrole nitrogens is 1. The number of cyclic esters (lactones) is 1. The number of carbonyl (C=O) groups is 1. The van der Waals surface area contributed by atoms with Crippen LogP contribution in [0.4, 0.5) is 4.39 Å². The first-order valence-electron chi connectivity index (χ1n) is 10.5. The second-order valence-electron chi connectivity index (χ2n) is 8.08. The maximum atomic E-state index is 13.9. The number of aromatic amines is 1. The van der Waals surface area contributed by atoms with Crippen LogP contribution in [0.15, 0.2) is 90.2 Å². The van der Waals surface area contributed by atoms with Crippen LogP contribution in [0.3, 0.4) is 0 Å². The van der Waals surface area contributed by atoms with Gasteiger partial charge in [0.05, 0.1) is 11.5 Å². The van der Waals surface area contributed by atoms with Crippen molar-refractivity contribution in [2.75, 3.05) is 0 Å². The molecule has 32 heavy (non-hydrogen) atoms. The fraction of sp³-hybridized carbons (Fsp3) is 0.148. The van der Waals surface area contributed by atoms with Crippen molar-refractivity contribution in [1.82, 2.24) is 4.98 Å². The van der Waals surface area contributed by atoms with Gasteiger partial charge in [-0.1, -0.05) is 60.7 Å². The summed E-state index contributed by atoms with van der Waals surface area (Å²) in [5.74, 6) is -1.49. The molecule has 1 aromatic heterocycles. The van der Waals surface area contributed by atoms with Crippen LogP contribution in [0.25, 0.3) is 10.9 Å². The van der Waals surface area contributed by atoms with Gasteiger partial charge in [0.2, 0.25) is 0 Å². The number of aromatic nitrogens is 1. The quantitative estimate of drug-likeness (QED) is 0.400. The molecule has 0 unspecified atom stereocenters. The van der Waals surface area contributed by atoms with E-state index in [0.29, 0.717) is 6.42 Å². The SMILES string of the molecule is Cc1c([C@@H](C2=C(O)[C@@H](Cc3ccccc3)OC2=O)c2ccccc2)[nH]c2ccc(F)cc12. The average molecular weight is 427 g/mol. The van der Waals surface area contributed by atoms with Gasteiger partial charge in [0.25, 0.3) is 0 Å². The molecule has 2 N–H and O–H groups in total. The summed E-state index contributed by atoms with van der Waals surface area (Å²) in [5, 5.41) is 11.9. The van der Waals surface area contributed by atoms with E-state index >= 15 is 0 Å². The van der Waals surface area contributed by atoms with E-state index in [4.69, 9.17) is 4.74 Å². The van der Waals surface area contributed by atoms with Crippen LogP contribution < -0.4 is 0 Å². The number of benzene rings is 3. The van der Waals surface area contributed by atoms with Gasteiger partial charge in [0.15, 0.2) is 6.10 Å². The van der Waals surface area contributed by atoms with Gasteiger partial charge in [-0.05, 0) is 41.8 Å². The van der Waals surface area contributed by atoms with E-state index < -0.39 is 18.0 Å². The summed E-state index contributed by atoms with van der Waals surface area (Å²) in [6.07, 6.45) is -0.353. The average Bonchev–Trinajstić information content (AvgIpc) is 3.27. The molecule has 160 valence electrons. The topological polar surface area (TPSA) is 62.3 Å². The Balaban J connectivity index is 1.65. The van der Waals surface area contributed by atoms with Crippen LogP contribution in [0.1, 0.15) is 28.3 Å². The first-order valence-corrected chi connectivity index (χ1v) is 10.5. The number of ether oxygens (including phenoxy) is 1.